The van der Waals surface area contributed by atoms with Gasteiger partial charge in [-0.05, 0) is 13.8 Å². The molecule has 0 aliphatic carbocycles. The molecule has 0 radical (unpaired) electrons. The van der Waals surface area contributed by atoms with E-state index < -0.39 is 0 Å². The van der Waals surface area contributed by atoms with Gasteiger partial charge in [0.1, 0.15) is 0 Å². The Kier molecular flexibility index (Phi) is 1.93. The van der Waals surface area contributed by atoms with Crippen LogP contribution in [0.1, 0.15) is 13.8 Å². The third-order valence-corrected chi connectivity index (χ3v) is 1.49. The highest BCUT2D eigenvalue weighted by molar-refractivity contribution is 4.93. The van der Waals surface area contributed by atoms with Gasteiger partial charge in [-0.2, -0.15) is 5.26 Å². The highest BCUT2D eigenvalue weighted by Gasteiger charge is 2.27. The van der Waals surface area contributed by atoms with E-state index in [1.165, 1.54) is 0 Å². The van der Waals surface area contributed by atoms with Crippen LogP contribution in [0.25, 0.3) is 0 Å². The first-order valence-electron chi connectivity index (χ1n) is 3.42. The number of nitriles is 1. The van der Waals surface area contributed by atoms with E-state index in [1.54, 1.807) is 0 Å². The number of hydrogen-bond acceptors (Lipinski definition) is 3. The summed E-state index contributed by atoms with van der Waals surface area (Å²) in [5.74, 6) is 0. The van der Waals surface area contributed by atoms with E-state index in [0.29, 0.717) is 6.54 Å². The lowest BCUT2D eigenvalue weighted by molar-refractivity contribution is -0.0699. The van der Waals surface area contributed by atoms with Crippen molar-refractivity contribution in [2.75, 3.05) is 13.1 Å². The van der Waals surface area contributed by atoms with Crippen LogP contribution in [0.15, 0.2) is 0 Å². The minimum atomic E-state index is -0.274. The lowest BCUT2D eigenvalue weighted by atomic mass is 10.1. The number of hydrogen-bond donors (Lipinski definition) is 1. The number of rotatable bonds is 0. The van der Waals surface area contributed by atoms with Crippen molar-refractivity contribution in [3.8, 4) is 6.07 Å². The SMILES string of the molecule is CC1(C)CNCC(C#N)O1. The first-order valence-corrected chi connectivity index (χ1v) is 3.42. The second-order valence-corrected chi connectivity index (χ2v) is 3.13. The molecule has 0 aromatic heterocycles. The Bertz CT molecular complexity index is 159. The molecular formula is C7H12N2O. The third-order valence-electron chi connectivity index (χ3n) is 1.49. The summed E-state index contributed by atoms with van der Waals surface area (Å²) in [7, 11) is 0. The highest BCUT2D eigenvalue weighted by atomic mass is 16.5. The van der Waals surface area contributed by atoms with Crippen LogP contribution >= 0.6 is 0 Å². The van der Waals surface area contributed by atoms with Gasteiger partial charge in [0.2, 0.25) is 0 Å². The van der Waals surface area contributed by atoms with Crippen molar-refractivity contribution in [2.24, 2.45) is 0 Å². The molecule has 1 N–H and O–H groups in total. The molecule has 0 saturated carbocycles. The van der Waals surface area contributed by atoms with Gasteiger partial charge in [0, 0.05) is 13.1 Å². The lowest BCUT2D eigenvalue weighted by Crippen LogP contribution is -2.49. The van der Waals surface area contributed by atoms with Gasteiger partial charge in [0.15, 0.2) is 6.10 Å². The van der Waals surface area contributed by atoms with Gasteiger partial charge in [-0.3, -0.25) is 0 Å². The van der Waals surface area contributed by atoms with Crippen LogP contribution in [0, 0.1) is 11.3 Å². The summed E-state index contributed by atoms with van der Waals surface area (Å²) in [6, 6.07) is 2.07. The van der Waals surface area contributed by atoms with Crippen molar-refractivity contribution in [2.45, 2.75) is 25.6 Å². The molecule has 1 aliphatic rings. The quantitative estimate of drug-likeness (QED) is 0.525. The van der Waals surface area contributed by atoms with Crippen LogP contribution < -0.4 is 5.32 Å². The van der Waals surface area contributed by atoms with Crippen molar-refractivity contribution in [3.63, 3.8) is 0 Å². The monoisotopic (exact) mass is 140 g/mol. The van der Waals surface area contributed by atoms with Gasteiger partial charge in [-0.1, -0.05) is 0 Å². The first kappa shape index (κ1) is 7.52. The van der Waals surface area contributed by atoms with E-state index in [-0.39, 0.29) is 11.7 Å². The van der Waals surface area contributed by atoms with Crippen LogP contribution in [0.4, 0.5) is 0 Å². The van der Waals surface area contributed by atoms with Crippen LogP contribution in [0.2, 0.25) is 0 Å². The average Bonchev–Trinajstić information content (AvgIpc) is 1.86. The fourth-order valence-electron chi connectivity index (χ4n) is 1.04. The molecule has 0 aromatic carbocycles. The average molecular weight is 140 g/mol. The van der Waals surface area contributed by atoms with Crippen LogP contribution in [-0.4, -0.2) is 24.8 Å². The van der Waals surface area contributed by atoms with E-state index in [1.807, 2.05) is 13.8 Å². The van der Waals surface area contributed by atoms with Crippen molar-refractivity contribution in [1.82, 2.24) is 5.32 Å². The zero-order valence-electron chi connectivity index (χ0n) is 6.35. The second kappa shape index (κ2) is 2.57. The Hall–Kier alpha value is -0.590. The highest BCUT2D eigenvalue weighted by Crippen LogP contribution is 2.14. The van der Waals surface area contributed by atoms with Crippen molar-refractivity contribution >= 4 is 0 Å². The van der Waals surface area contributed by atoms with Gasteiger partial charge < -0.3 is 10.1 Å². The van der Waals surface area contributed by atoms with Crippen molar-refractivity contribution in [1.29, 1.82) is 5.26 Å². The maximum atomic E-state index is 8.51. The molecule has 3 heteroatoms. The smallest absolute Gasteiger partial charge is 0.157 e. The maximum absolute atomic E-state index is 8.51. The van der Waals surface area contributed by atoms with Crippen LogP contribution in [0.5, 0.6) is 0 Å². The summed E-state index contributed by atoms with van der Waals surface area (Å²) in [5.41, 5.74) is -0.182. The van der Waals surface area contributed by atoms with Crippen molar-refractivity contribution < 1.29 is 4.74 Å². The van der Waals surface area contributed by atoms with E-state index in [9.17, 15) is 0 Å². The Morgan fingerprint density at radius 2 is 2.40 bits per heavy atom. The molecule has 0 amide bonds. The lowest BCUT2D eigenvalue weighted by Gasteiger charge is -2.33. The summed E-state index contributed by atoms with van der Waals surface area (Å²) >= 11 is 0. The molecule has 10 heavy (non-hydrogen) atoms. The molecule has 1 rings (SSSR count). The van der Waals surface area contributed by atoms with E-state index >= 15 is 0 Å². The minimum Gasteiger partial charge on any atom is -0.355 e. The molecule has 1 saturated heterocycles. The van der Waals surface area contributed by atoms with Gasteiger partial charge >= 0.3 is 0 Å². The first-order chi connectivity index (χ1) is 4.64. The summed E-state index contributed by atoms with van der Waals surface area (Å²) in [4.78, 5) is 0. The summed E-state index contributed by atoms with van der Waals surface area (Å²) < 4.78 is 5.40. The Labute approximate surface area is 61.0 Å². The third kappa shape index (κ3) is 1.69. The predicted molar refractivity (Wildman–Crippen MR) is 37.4 cm³/mol. The van der Waals surface area contributed by atoms with Gasteiger partial charge in [-0.15, -0.1) is 0 Å². The predicted octanol–water partition coefficient (Wildman–Crippen LogP) is 0.277. The maximum Gasteiger partial charge on any atom is 0.157 e. The Morgan fingerprint density at radius 1 is 1.70 bits per heavy atom. The van der Waals surface area contributed by atoms with Gasteiger partial charge in [0.25, 0.3) is 0 Å². The molecule has 1 aliphatic heterocycles. The largest absolute Gasteiger partial charge is 0.355 e. The molecule has 1 unspecified atom stereocenters. The van der Waals surface area contributed by atoms with E-state index in [0.717, 1.165) is 6.54 Å². The molecule has 1 atom stereocenters. The molecule has 3 nitrogen and oxygen atoms in total. The number of nitrogens with one attached hydrogen (secondary N) is 1. The van der Waals surface area contributed by atoms with Gasteiger partial charge in [-0.25, -0.2) is 0 Å². The zero-order chi connectivity index (χ0) is 7.61. The van der Waals surface area contributed by atoms with Crippen molar-refractivity contribution in [3.05, 3.63) is 0 Å². The minimum absolute atomic E-state index is 0.182. The fraction of sp³-hybridized carbons (Fsp3) is 0.857. The Balaban J connectivity index is 2.49. The van der Waals surface area contributed by atoms with Crippen LogP contribution in [0.3, 0.4) is 0 Å². The zero-order valence-corrected chi connectivity index (χ0v) is 6.35. The van der Waals surface area contributed by atoms with E-state index in [2.05, 4.69) is 11.4 Å². The number of ether oxygens (including phenoxy) is 1. The standard InChI is InChI=1S/C7H12N2O/c1-7(2)5-9-4-6(3-8)10-7/h6,9H,4-5H2,1-2H3. The second-order valence-electron chi connectivity index (χ2n) is 3.13. The topological polar surface area (TPSA) is 45.0 Å². The molecule has 0 bridgehead atoms. The molecule has 56 valence electrons. The number of morpholine rings is 1. The molecule has 0 aromatic rings. The van der Waals surface area contributed by atoms with E-state index in [4.69, 9.17) is 10.00 Å². The number of nitrogens with zero attached hydrogens (tertiary/aromatic N) is 1. The fourth-order valence-corrected chi connectivity index (χ4v) is 1.04. The summed E-state index contributed by atoms with van der Waals surface area (Å²) in [6.07, 6.45) is -0.274. The van der Waals surface area contributed by atoms with Gasteiger partial charge in [0.05, 0.1) is 11.7 Å². The Morgan fingerprint density at radius 3 is 2.80 bits per heavy atom. The molecule has 1 fully saturated rings. The summed E-state index contributed by atoms with van der Waals surface area (Å²) in [6.45, 7) is 5.43. The summed E-state index contributed by atoms with van der Waals surface area (Å²) in [5, 5.41) is 11.6. The normalized spacial score (nSPS) is 31.1. The molecular weight excluding hydrogens is 128 g/mol. The molecule has 0 spiro atoms. The molecule has 1 heterocycles. The van der Waals surface area contributed by atoms with Crippen LogP contribution in [-0.2, 0) is 4.74 Å².